The van der Waals surface area contributed by atoms with Gasteiger partial charge in [0.25, 0.3) is 5.91 Å². The van der Waals surface area contributed by atoms with Crippen LogP contribution in [0.15, 0.2) is 24.3 Å². The first-order valence-electron chi connectivity index (χ1n) is 8.72. The van der Waals surface area contributed by atoms with Crippen LogP contribution in [0.2, 0.25) is 0 Å². The highest BCUT2D eigenvalue weighted by Crippen LogP contribution is 2.19. The van der Waals surface area contributed by atoms with Crippen LogP contribution >= 0.6 is 0 Å². The van der Waals surface area contributed by atoms with Crippen molar-refractivity contribution < 1.29 is 23.9 Å². The summed E-state index contributed by atoms with van der Waals surface area (Å²) in [5.74, 6) is -1.41. The Morgan fingerprint density at radius 2 is 2.08 bits per heavy atom. The summed E-state index contributed by atoms with van der Waals surface area (Å²) in [6.07, 6.45) is 0.0479. The molecule has 2 aliphatic rings. The quantitative estimate of drug-likeness (QED) is 0.714. The van der Waals surface area contributed by atoms with Crippen LogP contribution in [0, 0.1) is 5.92 Å². The van der Waals surface area contributed by atoms with Gasteiger partial charge in [-0.15, -0.1) is 0 Å². The minimum absolute atomic E-state index is 0.0580. The average Bonchev–Trinajstić information content (AvgIpc) is 3.28. The van der Waals surface area contributed by atoms with E-state index in [1.807, 2.05) is 0 Å². The second-order valence-electron chi connectivity index (χ2n) is 6.83. The number of carboxylic acids is 1. The lowest BCUT2D eigenvalue weighted by atomic mass is 10.0. The monoisotopic (exact) mass is 363 g/mol. The number of hydrogen-bond acceptors (Lipinski definition) is 4. The third kappa shape index (κ3) is 4.19. The van der Waals surface area contributed by atoms with Gasteiger partial charge in [0.2, 0.25) is 5.91 Å². The highest BCUT2D eigenvalue weighted by atomic mass is 19.1. The molecule has 3 N–H and O–H groups in total. The molecule has 2 saturated heterocycles. The van der Waals surface area contributed by atoms with E-state index in [1.165, 1.54) is 18.2 Å². The molecule has 3 unspecified atom stereocenters. The number of nitrogens with zero attached hydrogens (tertiary/aromatic N) is 1. The highest BCUT2D eigenvalue weighted by molar-refractivity contribution is 5.97. The van der Waals surface area contributed by atoms with Crippen molar-refractivity contribution in [3.63, 3.8) is 0 Å². The van der Waals surface area contributed by atoms with Crippen LogP contribution in [0.25, 0.3) is 0 Å². The minimum atomic E-state index is -1.08. The zero-order valence-electron chi connectivity index (χ0n) is 14.3. The van der Waals surface area contributed by atoms with Gasteiger partial charge in [-0.25, -0.2) is 9.18 Å². The lowest BCUT2D eigenvalue weighted by Crippen LogP contribution is -2.42. The molecule has 0 aromatic heterocycles. The molecular formula is C18H22FN3O4. The van der Waals surface area contributed by atoms with E-state index in [9.17, 15) is 18.8 Å². The lowest BCUT2D eigenvalue weighted by Gasteiger charge is -2.20. The smallest absolute Gasteiger partial charge is 0.335 e. The number of amides is 2. The van der Waals surface area contributed by atoms with Crippen LogP contribution < -0.4 is 10.6 Å². The zero-order valence-corrected chi connectivity index (χ0v) is 14.3. The Balaban J connectivity index is 1.48. The van der Waals surface area contributed by atoms with Crippen LogP contribution in [-0.2, 0) is 4.79 Å². The summed E-state index contributed by atoms with van der Waals surface area (Å²) in [6, 6.07) is 5.51. The van der Waals surface area contributed by atoms with Crippen LogP contribution in [0.3, 0.4) is 0 Å². The average molecular weight is 363 g/mol. The number of carbonyl (C=O) groups is 3. The number of likely N-dealkylation sites (tertiary alicyclic amines) is 1. The number of nitrogens with one attached hydrogen (secondary N) is 2. The summed E-state index contributed by atoms with van der Waals surface area (Å²) in [4.78, 5) is 37.1. The van der Waals surface area contributed by atoms with Crippen molar-refractivity contribution in [3.8, 4) is 0 Å². The predicted octanol–water partition coefficient (Wildman–Crippen LogP) is 0.663. The van der Waals surface area contributed by atoms with Gasteiger partial charge in [-0.05, 0) is 37.0 Å². The zero-order chi connectivity index (χ0) is 18.7. The fourth-order valence-corrected chi connectivity index (χ4v) is 3.42. The molecular weight excluding hydrogens is 341 g/mol. The third-order valence-corrected chi connectivity index (χ3v) is 4.89. The second-order valence-corrected chi connectivity index (χ2v) is 6.83. The van der Waals surface area contributed by atoms with Crippen molar-refractivity contribution in [3.05, 3.63) is 35.4 Å². The first-order chi connectivity index (χ1) is 12.4. The molecule has 3 atom stereocenters. The first kappa shape index (κ1) is 18.3. The number of carbonyl (C=O) groups excluding carboxylic acids is 2. The number of alkyl halides is 1. The van der Waals surface area contributed by atoms with Crippen molar-refractivity contribution >= 4 is 17.8 Å². The van der Waals surface area contributed by atoms with E-state index in [2.05, 4.69) is 10.6 Å². The molecule has 2 aliphatic heterocycles. The molecule has 3 rings (SSSR count). The summed E-state index contributed by atoms with van der Waals surface area (Å²) in [5, 5.41) is 14.9. The number of aromatic carboxylic acids is 1. The molecule has 0 spiro atoms. The Hall–Kier alpha value is -2.48. The Labute approximate surface area is 150 Å². The molecule has 140 valence electrons. The molecule has 2 fully saturated rings. The van der Waals surface area contributed by atoms with Crippen molar-refractivity contribution in [2.45, 2.75) is 25.1 Å². The normalized spacial score (nSPS) is 25.3. The maximum Gasteiger partial charge on any atom is 0.335 e. The SMILES string of the molecule is O=C(O)c1cccc(C(=O)NCC2CNC(C(=O)N3CCC(F)C3)C2)c1. The minimum Gasteiger partial charge on any atom is -0.478 e. The van der Waals surface area contributed by atoms with E-state index < -0.39 is 12.1 Å². The molecule has 1 aromatic rings. The number of halogens is 1. The molecule has 0 bridgehead atoms. The van der Waals surface area contributed by atoms with Gasteiger partial charge in [0.05, 0.1) is 18.2 Å². The van der Waals surface area contributed by atoms with Gasteiger partial charge >= 0.3 is 5.97 Å². The number of hydrogen-bond donors (Lipinski definition) is 3. The van der Waals surface area contributed by atoms with Gasteiger partial charge in [0.15, 0.2) is 0 Å². The maximum atomic E-state index is 13.2. The molecule has 0 aliphatic carbocycles. The van der Waals surface area contributed by atoms with Crippen molar-refractivity contribution in [1.82, 2.24) is 15.5 Å². The van der Waals surface area contributed by atoms with Gasteiger partial charge in [-0.2, -0.15) is 0 Å². The number of carboxylic acid groups (broad SMARTS) is 1. The van der Waals surface area contributed by atoms with E-state index in [0.29, 0.717) is 32.5 Å². The van der Waals surface area contributed by atoms with E-state index >= 15 is 0 Å². The molecule has 1 aromatic carbocycles. The fourth-order valence-electron chi connectivity index (χ4n) is 3.42. The van der Waals surface area contributed by atoms with Crippen LogP contribution in [0.4, 0.5) is 4.39 Å². The summed E-state index contributed by atoms with van der Waals surface area (Å²) in [7, 11) is 0. The van der Waals surface area contributed by atoms with E-state index in [1.54, 1.807) is 11.0 Å². The van der Waals surface area contributed by atoms with E-state index in [4.69, 9.17) is 5.11 Å². The Kier molecular flexibility index (Phi) is 5.51. The number of rotatable bonds is 5. The molecule has 2 amide bonds. The van der Waals surface area contributed by atoms with Crippen molar-refractivity contribution in [2.75, 3.05) is 26.2 Å². The van der Waals surface area contributed by atoms with Crippen molar-refractivity contribution in [2.24, 2.45) is 5.92 Å². The molecule has 0 saturated carbocycles. The molecule has 2 heterocycles. The van der Waals surface area contributed by atoms with Crippen molar-refractivity contribution in [1.29, 1.82) is 0 Å². The fraction of sp³-hybridized carbons (Fsp3) is 0.500. The van der Waals surface area contributed by atoms with Crippen LogP contribution in [-0.4, -0.2) is 66.2 Å². The third-order valence-electron chi connectivity index (χ3n) is 4.89. The van der Waals surface area contributed by atoms with Crippen LogP contribution in [0.1, 0.15) is 33.6 Å². The summed E-state index contributed by atoms with van der Waals surface area (Å²) in [5.41, 5.74) is 0.345. The lowest BCUT2D eigenvalue weighted by molar-refractivity contribution is -0.132. The molecule has 0 radical (unpaired) electrons. The number of benzene rings is 1. The first-order valence-corrected chi connectivity index (χ1v) is 8.72. The van der Waals surface area contributed by atoms with Gasteiger partial charge in [-0.1, -0.05) is 6.07 Å². The predicted molar refractivity (Wildman–Crippen MR) is 91.7 cm³/mol. The van der Waals surface area contributed by atoms with Crippen LogP contribution in [0.5, 0.6) is 0 Å². The largest absolute Gasteiger partial charge is 0.478 e. The highest BCUT2D eigenvalue weighted by Gasteiger charge is 2.35. The van der Waals surface area contributed by atoms with Gasteiger partial charge in [0, 0.05) is 25.2 Å². The summed E-state index contributed by atoms with van der Waals surface area (Å²) >= 11 is 0. The molecule has 26 heavy (non-hydrogen) atoms. The Morgan fingerprint density at radius 1 is 1.31 bits per heavy atom. The second kappa shape index (κ2) is 7.82. The standard InChI is InChI=1S/C18H22FN3O4/c19-14-4-5-22(10-14)17(24)15-6-11(8-20-15)9-21-16(23)12-2-1-3-13(7-12)18(25)26/h1-3,7,11,14-15,20H,4-6,8-10H2,(H,21,23)(H,25,26). The summed E-state index contributed by atoms with van der Waals surface area (Å²) in [6.45, 7) is 1.61. The maximum absolute atomic E-state index is 13.2. The Morgan fingerprint density at radius 3 is 2.77 bits per heavy atom. The van der Waals surface area contributed by atoms with Gasteiger partial charge in [0.1, 0.15) is 6.17 Å². The topological polar surface area (TPSA) is 98.7 Å². The van der Waals surface area contributed by atoms with E-state index in [-0.39, 0.29) is 41.4 Å². The molecule has 7 nitrogen and oxygen atoms in total. The Bertz CT molecular complexity index is 711. The van der Waals surface area contributed by atoms with Gasteiger partial charge in [-0.3, -0.25) is 9.59 Å². The van der Waals surface area contributed by atoms with E-state index in [0.717, 1.165) is 0 Å². The summed E-state index contributed by atoms with van der Waals surface area (Å²) < 4.78 is 13.2. The molecule has 8 heteroatoms. The van der Waals surface area contributed by atoms with Gasteiger partial charge < -0.3 is 20.6 Å².